The number of aliphatic hydroxyl groups is 4. The SMILES string of the molecule is CC(=O)OCCCc1cn(CCCCCCN2C[C@H](O)[C@@H](O)[C@H](O)[C@H]2CO)nn1. The average Bonchev–Trinajstić information content (AvgIpc) is 3.14. The third-order valence-corrected chi connectivity index (χ3v) is 5.27. The van der Waals surface area contributed by atoms with Crippen LogP contribution in [0.2, 0.25) is 0 Å². The summed E-state index contributed by atoms with van der Waals surface area (Å²) in [4.78, 5) is 12.6. The minimum Gasteiger partial charge on any atom is -0.466 e. The van der Waals surface area contributed by atoms with Crippen LogP contribution in [0.25, 0.3) is 0 Å². The van der Waals surface area contributed by atoms with E-state index >= 15 is 0 Å². The van der Waals surface area contributed by atoms with Gasteiger partial charge in [-0.2, -0.15) is 0 Å². The summed E-state index contributed by atoms with van der Waals surface area (Å²) in [5.74, 6) is -0.272. The third kappa shape index (κ3) is 7.63. The van der Waals surface area contributed by atoms with Crippen LogP contribution in [0.3, 0.4) is 0 Å². The molecule has 1 aromatic heterocycles. The van der Waals surface area contributed by atoms with Crippen LogP contribution in [0.1, 0.15) is 44.7 Å². The normalized spacial score (nSPS) is 25.3. The summed E-state index contributed by atoms with van der Waals surface area (Å²) in [6.45, 7) is 3.22. The monoisotopic (exact) mass is 414 g/mol. The van der Waals surface area contributed by atoms with Crippen LogP contribution in [-0.2, 0) is 22.5 Å². The fourth-order valence-electron chi connectivity index (χ4n) is 3.61. The van der Waals surface area contributed by atoms with Gasteiger partial charge in [0, 0.05) is 26.2 Å². The lowest BCUT2D eigenvalue weighted by Crippen LogP contribution is -2.62. The first-order valence-corrected chi connectivity index (χ1v) is 10.3. The van der Waals surface area contributed by atoms with Crippen LogP contribution in [0.4, 0.5) is 0 Å². The lowest BCUT2D eigenvalue weighted by molar-refractivity contribution is -0.145. The molecule has 1 saturated heterocycles. The van der Waals surface area contributed by atoms with Crippen molar-refractivity contribution in [3.8, 4) is 0 Å². The largest absolute Gasteiger partial charge is 0.466 e. The molecule has 1 aliphatic heterocycles. The van der Waals surface area contributed by atoms with E-state index in [1.165, 1.54) is 6.92 Å². The minimum atomic E-state index is -1.21. The number of hydrogen-bond donors (Lipinski definition) is 4. The standard InChI is InChI=1S/C19H34N4O6/c1-14(25)29-10-6-7-15-11-23(21-20-15)9-5-3-2-4-8-22-12-17(26)19(28)18(27)16(22)13-24/h11,16-19,24,26-28H,2-10,12-13H2,1H3/t16-,17+,18-,19-/m1/s1. The lowest BCUT2D eigenvalue weighted by atomic mass is 9.94. The first-order valence-electron chi connectivity index (χ1n) is 10.3. The molecule has 0 unspecified atom stereocenters. The molecule has 4 atom stereocenters. The molecule has 166 valence electrons. The van der Waals surface area contributed by atoms with Crippen LogP contribution in [0.15, 0.2) is 6.20 Å². The second-order valence-corrected chi connectivity index (χ2v) is 7.62. The Hall–Kier alpha value is -1.59. The zero-order chi connectivity index (χ0) is 21.2. The summed E-state index contributed by atoms with van der Waals surface area (Å²) in [5, 5.41) is 47.2. The number of β-amino-alcohol motifs (C(OH)–C–C–N with tert-alkyl or cyclic N) is 1. The first-order chi connectivity index (χ1) is 13.9. The number of carbonyl (C=O) groups is 1. The second kappa shape index (κ2) is 12.2. The van der Waals surface area contributed by atoms with Gasteiger partial charge in [-0.25, -0.2) is 0 Å². The van der Waals surface area contributed by atoms with Gasteiger partial charge in [0.15, 0.2) is 0 Å². The summed E-state index contributed by atoms with van der Waals surface area (Å²) < 4.78 is 6.72. The van der Waals surface area contributed by atoms with Gasteiger partial charge in [0.1, 0.15) is 12.2 Å². The maximum absolute atomic E-state index is 10.7. The Balaban J connectivity index is 1.58. The van der Waals surface area contributed by atoms with Gasteiger partial charge in [-0.1, -0.05) is 18.1 Å². The van der Waals surface area contributed by atoms with Crippen molar-refractivity contribution in [2.24, 2.45) is 0 Å². The van der Waals surface area contributed by atoms with Crippen LogP contribution >= 0.6 is 0 Å². The molecular formula is C19H34N4O6. The van der Waals surface area contributed by atoms with Gasteiger partial charge in [-0.15, -0.1) is 5.10 Å². The molecule has 0 aromatic carbocycles. The molecule has 0 radical (unpaired) electrons. The van der Waals surface area contributed by atoms with Crippen molar-refractivity contribution < 1.29 is 30.0 Å². The smallest absolute Gasteiger partial charge is 0.302 e. The van der Waals surface area contributed by atoms with Crippen LogP contribution in [0, 0.1) is 0 Å². The summed E-state index contributed by atoms with van der Waals surface area (Å²) in [6, 6.07) is -0.539. The number of aryl methyl sites for hydroxylation is 2. The van der Waals surface area contributed by atoms with Crippen LogP contribution in [-0.4, -0.2) is 96.9 Å². The van der Waals surface area contributed by atoms with E-state index in [1.807, 2.05) is 15.8 Å². The molecule has 1 fully saturated rings. The average molecular weight is 415 g/mol. The number of hydrogen-bond acceptors (Lipinski definition) is 9. The highest BCUT2D eigenvalue weighted by Gasteiger charge is 2.40. The number of likely N-dealkylation sites (tertiary alicyclic amines) is 1. The fourth-order valence-corrected chi connectivity index (χ4v) is 3.61. The van der Waals surface area contributed by atoms with Gasteiger partial charge < -0.3 is 25.2 Å². The Kier molecular flexibility index (Phi) is 9.95. The van der Waals surface area contributed by atoms with E-state index < -0.39 is 24.4 Å². The molecule has 0 spiro atoms. The quantitative estimate of drug-likeness (QED) is 0.253. The van der Waals surface area contributed by atoms with E-state index in [4.69, 9.17) is 4.74 Å². The van der Waals surface area contributed by atoms with E-state index in [2.05, 4.69) is 10.3 Å². The number of aliphatic hydroxyl groups excluding tert-OH is 4. The Labute approximate surface area is 171 Å². The van der Waals surface area contributed by atoms with E-state index in [-0.39, 0.29) is 19.1 Å². The Bertz CT molecular complexity index is 613. The Morgan fingerprint density at radius 1 is 1.14 bits per heavy atom. The van der Waals surface area contributed by atoms with Crippen molar-refractivity contribution in [2.75, 3.05) is 26.3 Å². The fraction of sp³-hybridized carbons (Fsp3) is 0.842. The Morgan fingerprint density at radius 2 is 1.86 bits per heavy atom. The van der Waals surface area contributed by atoms with Crippen molar-refractivity contribution >= 4 is 5.97 Å². The lowest BCUT2D eigenvalue weighted by Gasteiger charge is -2.43. The highest BCUT2D eigenvalue weighted by molar-refractivity contribution is 5.65. The molecule has 10 nitrogen and oxygen atoms in total. The molecule has 2 heterocycles. The van der Waals surface area contributed by atoms with Gasteiger partial charge in [-0.05, 0) is 32.2 Å². The van der Waals surface area contributed by atoms with Crippen molar-refractivity contribution in [3.05, 3.63) is 11.9 Å². The van der Waals surface area contributed by atoms with E-state index in [9.17, 15) is 25.2 Å². The van der Waals surface area contributed by atoms with Gasteiger partial charge in [0.25, 0.3) is 0 Å². The van der Waals surface area contributed by atoms with E-state index in [0.717, 1.165) is 50.8 Å². The summed E-state index contributed by atoms with van der Waals surface area (Å²) in [5.41, 5.74) is 0.886. The number of aromatic nitrogens is 3. The zero-order valence-electron chi connectivity index (χ0n) is 17.1. The van der Waals surface area contributed by atoms with Crippen LogP contribution in [0.5, 0.6) is 0 Å². The van der Waals surface area contributed by atoms with E-state index in [1.54, 1.807) is 0 Å². The minimum absolute atomic E-state index is 0.250. The van der Waals surface area contributed by atoms with Crippen molar-refractivity contribution in [1.82, 2.24) is 19.9 Å². The van der Waals surface area contributed by atoms with Crippen molar-refractivity contribution in [3.63, 3.8) is 0 Å². The number of rotatable bonds is 12. The van der Waals surface area contributed by atoms with E-state index in [0.29, 0.717) is 13.2 Å². The molecule has 0 saturated carbocycles. The number of piperidine rings is 1. The number of ether oxygens (including phenoxy) is 1. The van der Waals surface area contributed by atoms with Crippen LogP contribution < -0.4 is 0 Å². The molecule has 0 aliphatic carbocycles. The summed E-state index contributed by atoms with van der Waals surface area (Å²) in [6.07, 6.45) is 3.85. The molecular weight excluding hydrogens is 380 g/mol. The van der Waals surface area contributed by atoms with Gasteiger partial charge >= 0.3 is 5.97 Å². The molecule has 4 N–H and O–H groups in total. The number of nitrogens with zero attached hydrogens (tertiary/aromatic N) is 4. The van der Waals surface area contributed by atoms with Crippen molar-refractivity contribution in [2.45, 2.75) is 76.3 Å². The molecule has 0 bridgehead atoms. The number of carbonyl (C=O) groups excluding carboxylic acids is 1. The zero-order valence-corrected chi connectivity index (χ0v) is 17.1. The second-order valence-electron chi connectivity index (χ2n) is 7.62. The number of esters is 1. The molecule has 1 aliphatic rings. The first kappa shape index (κ1) is 23.7. The molecule has 29 heavy (non-hydrogen) atoms. The summed E-state index contributed by atoms with van der Waals surface area (Å²) in [7, 11) is 0. The maximum atomic E-state index is 10.7. The maximum Gasteiger partial charge on any atom is 0.302 e. The molecule has 2 rings (SSSR count). The predicted molar refractivity (Wildman–Crippen MR) is 104 cm³/mol. The number of unbranched alkanes of at least 4 members (excludes halogenated alkanes) is 3. The summed E-state index contributed by atoms with van der Waals surface area (Å²) >= 11 is 0. The highest BCUT2D eigenvalue weighted by atomic mass is 16.5. The predicted octanol–water partition coefficient (Wildman–Crippen LogP) is -0.907. The topological polar surface area (TPSA) is 141 Å². The van der Waals surface area contributed by atoms with Gasteiger partial charge in [0.2, 0.25) is 0 Å². The van der Waals surface area contributed by atoms with Gasteiger partial charge in [0.05, 0.1) is 31.1 Å². The highest BCUT2D eigenvalue weighted by Crippen LogP contribution is 2.19. The molecule has 10 heteroatoms. The third-order valence-electron chi connectivity index (χ3n) is 5.27. The van der Waals surface area contributed by atoms with Crippen molar-refractivity contribution in [1.29, 1.82) is 0 Å². The molecule has 0 amide bonds. The Morgan fingerprint density at radius 3 is 2.55 bits per heavy atom. The molecule has 1 aromatic rings. The van der Waals surface area contributed by atoms with Gasteiger partial charge in [-0.3, -0.25) is 14.4 Å².